The Hall–Kier alpha value is -2.14. The summed E-state index contributed by atoms with van der Waals surface area (Å²) in [5.74, 6) is -1.68. The lowest BCUT2D eigenvalue weighted by atomic mass is 9.94. The number of carbonyl (C=O) groups excluding carboxylic acids is 2. The molecule has 31 nitrogen and oxygen atoms in total. The predicted molar refractivity (Wildman–Crippen MR) is 222 cm³/mol. The molecule has 0 aromatic carbocycles. The first kappa shape index (κ1) is 59.7. The lowest BCUT2D eigenvalue weighted by molar-refractivity contribution is -0.400. The summed E-state index contributed by atoms with van der Waals surface area (Å²) in [4.78, 5) is 25.0. The zero-order valence-electron chi connectivity index (χ0n) is 38.8. The maximum atomic E-state index is 12.8. The summed E-state index contributed by atoms with van der Waals surface area (Å²) in [7, 11) is 0. The number of hydrogen-bond acceptors (Lipinski definition) is 29. The molecule has 29 atom stereocenters. The molecule has 5 aliphatic rings. The number of ether oxygens (including phenoxy) is 10. The maximum absolute atomic E-state index is 12.8. The van der Waals surface area contributed by atoms with Gasteiger partial charge in [-0.15, -0.1) is 0 Å². The Labute approximate surface area is 404 Å². The van der Waals surface area contributed by atoms with E-state index in [-0.39, 0.29) is 0 Å². The van der Waals surface area contributed by atoms with Gasteiger partial charge < -0.3 is 145 Å². The number of aliphatic hydroxyl groups excluding tert-OH is 17. The van der Waals surface area contributed by atoms with Gasteiger partial charge in [0.05, 0.1) is 51.3 Å². The minimum absolute atomic E-state index is 0.795. The lowest BCUT2D eigenvalue weighted by Gasteiger charge is -2.51. The monoisotopic (exact) mass is 1040 g/mol. The SMILES string of the molecule is CC(=O)N[C@H]1[C@H](O[C@H]2[C@@H](O)[C@@H](CO)O[C@@H](O[C@@H]([C@@H](O)[C@H](O)CO)[C@H](CO)NC(C)=O)[C@@H]2O[C@@H]2O[C@@H](C)[C@@H](O)[C@@H](O)[C@@H]2O)O[C@H](CO)[C@@H](O[C@@H]2O[C@H](CO)[C@H](O)[C@H](O)[C@H]2O[C@@H]2O[C@@H](C)[C@@H](O)[C@@H](O)[C@@H]2O)[C@@H]1O. The van der Waals surface area contributed by atoms with E-state index in [0.29, 0.717) is 0 Å². The van der Waals surface area contributed by atoms with Crippen molar-refractivity contribution in [1.82, 2.24) is 10.6 Å². The molecule has 0 aliphatic carbocycles. The van der Waals surface area contributed by atoms with E-state index < -0.39 is 223 Å². The Balaban J connectivity index is 1.53. The van der Waals surface area contributed by atoms with Crippen molar-refractivity contribution in [1.29, 1.82) is 0 Å². The number of rotatable bonds is 20. The highest BCUT2D eigenvalue weighted by Gasteiger charge is 2.58. The van der Waals surface area contributed by atoms with Crippen molar-refractivity contribution >= 4 is 11.8 Å². The van der Waals surface area contributed by atoms with Gasteiger partial charge in [-0.1, -0.05) is 0 Å². The van der Waals surface area contributed by atoms with Gasteiger partial charge in [0.25, 0.3) is 0 Å². The molecule has 31 heteroatoms. The normalized spacial score (nSPS) is 46.1. The second-order valence-corrected chi connectivity index (χ2v) is 18.0. The number of carbonyl (C=O) groups is 2. The molecule has 0 aromatic heterocycles. The first-order chi connectivity index (χ1) is 33.4. The molecule has 414 valence electrons. The third kappa shape index (κ3) is 13.5. The van der Waals surface area contributed by atoms with Gasteiger partial charge >= 0.3 is 0 Å². The van der Waals surface area contributed by atoms with E-state index in [0.717, 1.165) is 13.8 Å². The zero-order valence-corrected chi connectivity index (χ0v) is 38.8. The molecule has 5 saturated heterocycles. The number of hydrogen-bond donors (Lipinski definition) is 19. The summed E-state index contributed by atoms with van der Waals surface area (Å²) in [5, 5.41) is 187. The minimum atomic E-state index is -2.18. The molecule has 0 aromatic rings. The van der Waals surface area contributed by atoms with Crippen LogP contribution in [-0.4, -0.2) is 309 Å². The molecule has 5 fully saturated rings. The first-order valence-corrected chi connectivity index (χ1v) is 22.7. The van der Waals surface area contributed by atoms with Crippen LogP contribution < -0.4 is 10.6 Å². The van der Waals surface area contributed by atoms with Crippen molar-refractivity contribution in [3.63, 3.8) is 0 Å². The Bertz CT molecular complexity index is 1660. The van der Waals surface area contributed by atoms with Crippen molar-refractivity contribution in [2.24, 2.45) is 0 Å². The number of aliphatic hydroxyl groups is 17. The van der Waals surface area contributed by atoms with Gasteiger partial charge in [0.2, 0.25) is 11.8 Å². The second-order valence-electron chi connectivity index (χ2n) is 18.0. The third-order valence-electron chi connectivity index (χ3n) is 12.8. The van der Waals surface area contributed by atoms with Crippen LogP contribution in [0.15, 0.2) is 0 Å². The molecule has 0 saturated carbocycles. The van der Waals surface area contributed by atoms with Gasteiger partial charge in [-0.25, -0.2) is 0 Å². The van der Waals surface area contributed by atoms with Gasteiger partial charge in [0.1, 0.15) is 128 Å². The molecular weight excluding hydrogens is 972 g/mol. The van der Waals surface area contributed by atoms with E-state index in [1.807, 2.05) is 0 Å². The van der Waals surface area contributed by atoms with Crippen LogP contribution in [0.25, 0.3) is 0 Å². The summed E-state index contributed by atoms with van der Waals surface area (Å²) in [5.41, 5.74) is 0. The zero-order chi connectivity index (χ0) is 52.9. The van der Waals surface area contributed by atoms with Crippen LogP contribution in [0.4, 0.5) is 0 Å². The molecule has 0 spiro atoms. The van der Waals surface area contributed by atoms with Crippen LogP contribution in [0.5, 0.6) is 0 Å². The van der Waals surface area contributed by atoms with Crippen LogP contribution in [0, 0.1) is 0 Å². The summed E-state index contributed by atoms with van der Waals surface area (Å²) in [6.07, 6.45) is -51.2. The van der Waals surface area contributed by atoms with E-state index in [1.165, 1.54) is 13.8 Å². The van der Waals surface area contributed by atoms with E-state index in [9.17, 15) is 96.4 Å². The highest BCUT2D eigenvalue weighted by Crippen LogP contribution is 2.37. The average Bonchev–Trinajstić information content (AvgIpc) is 3.33. The van der Waals surface area contributed by atoms with Crippen molar-refractivity contribution in [2.75, 3.05) is 33.0 Å². The number of amides is 2. The van der Waals surface area contributed by atoms with Crippen LogP contribution >= 0.6 is 0 Å². The molecule has 5 aliphatic heterocycles. The highest BCUT2D eigenvalue weighted by molar-refractivity contribution is 5.73. The van der Waals surface area contributed by atoms with E-state index in [4.69, 9.17) is 47.4 Å². The standard InChI is InChI=1S/C40H70N2O29/c1-10-20(51)26(57)29(60)37(62-10)70-34-28(59)23(54)16(7-45)64-39(34)68-32-18(9-47)66-36(19(25(32)56)42-13(4)49)69-33-24(55)17(8-46)65-40(35(33)71-38-30(61)27(58)21(52)11(2)63-38)67-31(22(53)15(50)6-44)14(5-43)41-12(3)48/h10-11,14-40,43-47,50-61H,5-9H2,1-4H3,(H,41,48)(H,42,49)/t10-,11-,14-,15+,16+,17+,18+,19+,20+,21+,22-,23-,24-,25+,26+,27+,28-,29-,30-,31+,32+,33-,34+,35+,36-,37-,38-,39-,40-/m0/s1. The fourth-order valence-electron chi connectivity index (χ4n) is 8.76. The molecule has 0 unspecified atom stereocenters. The number of nitrogens with one attached hydrogen (secondary N) is 2. The maximum Gasteiger partial charge on any atom is 0.217 e. The molecule has 5 heterocycles. The van der Waals surface area contributed by atoms with Gasteiger partial charge in [-0.05, 0) is 13.8 Å². The molecule has 2 amide bonds. The quantitative estimate of drug-likeness (QED) is 0.0538. The molecule has 5 rings (SSSR count). The molecular formula is C40H70N2O29. The topological polar surface area (TPSA) is 494 Å². The summed E-state index contributed by atoms with van der Waals surface area (Å²) in [6, 6.07) is -3.49. The summed E-state index contributed by atoms with van der Waals surface area (Å²) >= 11 is 0. The predicted octanol–water partition coefficient (Wildman–Crippen LogP) is -12.1. The van der Waals surface area contributed by atoms with Gasteiger partial charge in [0.15, 0.2) is 31.5 Å². The van der Waals surface area contributed by atoms with Gasteiger partial charge in [-0.2, -0.15) is 0 Å². The van der Waals surface area contributed by atoms with Gasteiger partial charge in [-0.3, -0.25) is 9.59 Å². The van der Waals surface area contributed by atoms with Crippen molar-refractivity contribution in [3.8, 4) is 0 Å². The Morgan fingerprint density at radius 2 is 0.958 bits per heavy atom. The van der Waals surface area contributed by atoms with E-state index >= 15 is 0 Å². The highest BCUT2D eigenvalue weighted by atomic mass is 16.8. The van der Waals surface area contributed by atoms with Crippen LogP contribution in [0.3, 0.4) is 0 Å². The Kier molecular flexibility index (Phi) is 21.9. The van der Waals surface area contributed by atoms with Gasteiger partial charge in [0, 0.05) is 13.8 Å². The first-order valence-electron chi connectivity index (χ1n) is 22.7. The minimum Gasteiger partial charge on any atom is -0.394 e. The molecule has 71 heavy (non-hydrogen) atoms. The van der Waals surface area contributed by atoms with E-state index in [1.54, 1.807) is 0 Å². The molecule has 0 radical (unpaired) electrons. The average molecular weight is 1040 g/mol. The van der Waals surface area contributed by atoms with E-state index in [2.05, 4.69) is 10.6 Å². The summed E-state index contributed by atoms with van der Waals surface area (Å²) < 4.78 is 58.7. The van der Waals surface area contributed by atoms with Crippen LogP contribution in [0.2, 0.25) is 0 Å². The largest absolute Gasteiger partial charge is 0.394 e. The fraction of sp³-hybridized carbons (Fsp3) is 0.950. The fourth-order valence-corrected chi connectivity index (χ4v) is 8.76. The molecule has 19 N–H and O–H groups in total. The molecule has 0 bridgehead atoms. The van der Waals surface area contributed by atoms with Crippen LogP contribution in [0.1, 0.15) is 27.7 Å². The Morgan fingerprint density at radius 1 is 0.479 bits per heavy atom. The van der Waals surface area contributed by atoms with Crippen LogP contribution in [-0.2, 0) is 57.0 Å². The van der Waals surface area contributed by atoms with Crippen molar-refractivity contribution in [2.45, 2.75) is 206 Å². The third-order valence-corrected chi connectivity index (χ3v) is 12.8. The Morgan fingerprint density at radius 3 is 1.45 bits per heavy atom. The smallest absolute Gasteiger partial charge is 0.217 e. The lowest BCUT2D eigenvalue weighted by Crippen LogP contribution is -2.70. The van der Waals surface area contributed by atoms with Crippen molar-refractivity contribution < 1.29 is 144 Å². The van der Waals surface area contributed by atoms with Crippen molar-refractivity contribution in [3.05, 3.63) is 0 Å². The summed E-state index contributed by atoms with van der Waals surface area (Å²) in [6.45, 7) is -0.611. The second kappa shape index (κ2) is 26.1.